The van der Waals surface area contributed by atoms with Crippen LogP contribution < -0.4 is 9.44 Å². The Bertz CT molecular complexity index is 918. The lowest BCUT2D eigenvalue weighted by atomic mass is 10.0. The largest absolute Gasteiger partial charge is 0.479 e. The van der Waals surface area contributed by atoms with Crippen molar-refractivity contribution in [3.63, 3.8) is 0 Å². The average Bonchev–Trinajstić information content (AvgIpc) is 3.10. The molecule has 0 spiro atoms. The molecule has 0 amide bonds. The number of unbranched alkanes of at least 4 members (excludes halogenated alkanes) is 34. The monoisotopic (exact) mass is 779 g/mol. The third-order valence-corrected chi connectivity index (χ3v) is 13.2. The maximum Gasteiger partial charge on any atom is 0.337 e. The van der Waals surface area contributed by atoms with Crippen molar-refractivity contribution in [1.29, 1.82) is 0 Å². The normalized spacial score (nSPS) is 12.3. The number of carboxylic acids is 1. The fraction of sp³-hybridized carbons (Fsp3) is 0.976. The summed E-state index contributed by atoms with van der Waals surface area (Å²) in [5.74, 6) is -1.98. The van der Waals surface area contributed by atoms with Gasteiger partial charge in [-0.05, 0) is 12.8 Å². The first-order valence-corrected chi connectivity index (χ1v) is 25.7. The van der Waals surface area contributed by atoms with Crippen molar-refractivity contribution in [3.05, 3.63) is 0 Å². The summed E-state index contributed by atoms with van der Waals surface area (Å²) in [5, 5.41) is 9.50. The number of hydrogen-bond acceptors (Lipinski definition) is 5. The summed E-state index contributed by atoms with van der Waals surface area (Å²) >= 11 is 0. The number of nitrogens with one attached hydrogen (secondary N) is 2. The minimum atomic E-state index is -3.93. The molecule has 0 aliphatic heterocycles. The molecule has 3 N–H and O–H groups in total. The van der Waals surface area contributed by atoms with Gasteiger partial charge in [-0.15, -0.1) is 0 Å². The summed E-state index contributed by atoms with van der Waals surface area (Å²) in [4.78, 5) is 11.7. The molecule has 0 atom stereocenters. The lowest BCUT2D eigenvalue weighted by molar-refractivity contribution is -0.139. The predicted octanol–water partition coefficient (Wildman–Crippen LogP) is 12.3. The van der Waals surface area contributed by atoms with Gasteiger partial charge >= 0.3 is 5.97 Å². The molecular weight excluding hydrogens is 693 g/mol. The second-order valence-electron chi connectivity index (χ2n) is 15.7. The second kappa shape index (κ2) is 37.2. The highest BCUT2D eigenvalue weighted by atomic mass is 32.2. The van der Waals surface area contributed by atoms with E-state index >= 15 is 0 Å². The van der Waals surface area contributed by atoms with Crippen LogP contribution in [0.25, 0.3) is 0 Å². The Morgan fingerprint density at radius 2 is 0.538 bits per heavy atom. The Balaban J connectivity index is 3.81. The van der Waals surface area contributed by atoms with Crippen LogP contribution in [0.1, 0.15) is 245 Å². The molecule has 0 saturated carbocycles. The van der Waals surface area contributed by atoms with Gasteiger partial charge in [0.25, 0.3) is 0 Å². The smallest absolute Gasteiger partial charge is 0.337 e. The fourth-order valence-electron chi connectivity index (χ4n) is 6.99. The quantitative estimate of drug-likeness (QED) is 0.0417. The molecule has 0 rings (SSSR count). The molecule has 52 heavy (non-hydrogen) atoms. The van der Waals surface area contributed by atoms with Crippen molar-refractivity contribution in [1.82, 2.24) is 9.44 Å². The molecule has 0 radical (unpaired) electrons. The van der Waals surface area contributed by atoms with Gasteiger partial charge in [-0.25, -0.2) is 21.6 Å². The van der Waals surface area contributed by atoms with E-state index in [-0.39, 0.29) is 11.5 Å². The van der Waals surface area contributed by atoms with Crippen LogP contribution in [0.3, 0.4) is 0 Å². The standard InChI is InChI=1S/C42H86N2O6S2/c1-3-5-7-9-11-13-15-17-19-21-23-25-27-29-31-33-35-37-39-51(47,48)43-41(42(45)46)44-52(49,50)40-38-36-34-32-30-28-26-24-22-20-18-16-14-12-10-8-6-4-2/h41,43-44H,3-40H2,1-2H3,(H,45,46). The second-order valence-corrected chi connectivity index (χ2v) is 19.4. The van der Waals surface area contributed by atoms with Gasteiger partial charge in [-0.2, -0.15) is 9.44 Å². The zero-order chi connectivity index (χ0) is 38.4. The van der Waals surface area contributed by atoms with Crippen LogP contribution in [0.15, 0.2) is 0 Å². The first-order valence-electron chi connectivity index (χ1n) is 22.4. The van der Waals surface area contributed by atoms with Gasteiger partial charge in [-0.1, -0.05) is 232 Å². The summed E-state index contributed by atoms with van der Waals surface area (Å²) in [5.41, 5.74) is 0. The van der Waals surface area contributed by atoms with E-state index < -0.39 is 32.2 Å². The summed E-state index contributed by atoms with van der Waals surface area (Å²) in [6.45, 7) is 4.52. The van der Waals surface area contributed by atoms with E-state index in [1.807, 2.05) is 9.44 Å². The third-order valence-electron chi connectivity index (χ3n) is 10.4. The molecule has 0 fully saturated rings. The van der Waals surface area contributed by atoms with E-state index in [0.717, 1.165) is 51.4 Å². The topological polar surface area (TPSA) is 130 Å². The molecular formula is C42H86N2O6S2. The molecule has 10 heteroatoms. The molecule has 0 heterocycles. The summed E-state index contributed by atoms with van der Waals surface area (Å²) in [6, 6.07) is 0. The van der Waals surface area contributed by atoms with Gasteiger partial charge in [0.15, 0.2) is 6.17 Å². The molecule has 8 nitrogen and oxygen atoms in total. The van der Waals surface area contributed by atoms with Crippen molar-refractivity contribution in [2.45, 2.75) is 251 Å². The van der Waals surface area contributed by atoms with Crippen LogP contribution in [0, 0.1) is 0 Å². The van der Waals surface area contributed by atoms with Crippen molar-refractivity contribution < 1.29 is 26.7 Å². The maximum atomic E-state index is 12.5. The molecule has 0 aromatic heterocycles. The maximum absolute atomic E-state index is 12.5. The molecule has 0 aromatic carbocycles. The van der Waals surface area contributed by atoms with E-state index in [2.05, 4.69) is 13.8 Å². The molecule has 0 aliphatic carbocycles. The number of carboxylic acid groups (broad SMARTS) is 1. The van der Waals surface area contributed by atoms with Gasteiger partial charge < -0.3 is 5.11 Å². The number of carbonyl (C=O) groups is 1. The van der Waals surface area contributed by atoms with Crippen LogP contribution in [0.4, 0.5) is 0 Å². The first kappa shape index (κ1) is 51.3. The van der Waals surface area contributed by atoms with E-state index in [0.29, 0.717) is 12.8 Å². The van der Waals surface area contributed by atoms with Crippen LogP contribution in [0.2, 0.25) is 0 Å². The van der Waals surface area contributed by atoms with Crippen LogP contribution in [-0.2, 0) is 24.8 Å². The zero-order valence-electron chi connectivity index (χ0n) is 34.3. The van der Waals surface area contributed by atoms with E-state index in [4.69, 9.17) is 0 Å². The fourth-order valence-corrected chi connectivity index (χ4v) is 9.51. The predicted molar refractivity (Wildman–Crippen MR) is 223 cm³/mol. The van der Waals surface area contributed by atoms with Crippen LogP contribution in [0.5, 0.6) is 0 Å². The average molecular weight is 779 g/mol. The third kappa shape index (κ3) is 37.6. The lowest BCUT2D eigenvalue weighted by Crippen LogP contribution is -2.53. The Hall–Kier alpha value is -0.710. The number of sulfonamides is 2. The Kier molecular flexibility index (Phi) is 36.7. The van der Waals surface area contributed by atoms with E-state index in [1.54, 1.807) is 0 Å². The lowest BCUT2D eigenvalue weighted by Gasteiger charge is -2.16. The van der Waals surface area contributed by atoms with Gasteiger partial charge in [0, 0.05) is 0 Å². The Labute approximate surface area is 323 Å². The van der Waals surface area contributed by atoms with Crippen molar-refractivity contribution in [3.8, 4) is 0 Å². The van der Waals surface area contributed by atoms with E-state index in [1.165, 1.54) is 167 Å². The number of hydrogen-bond donors (Lipinski definition) is 3. The molecule has 312 valence electrons. The highest BCUT2D eigenvalue weighted by Gasteiger charge is 2.28. The SMILES string of the molecule is CCCCCCCCCCCCCCCCCCCCS(=O)(=O)NC(NS(=O)(=O)CCCCCCCCCCCCCCCCCCCC)C(=O)O. The van der Waals surface area contributed by atoms with Gasteiger partial charge in [0.1, 0.15) is 0 Å². The summed E-state index contributed by atoms with van der Waals surface area (Å²) in [6.07, 6.45) is 41.8. The summed E-state index contributed by atoms with van der Waals surface area (Å²) in [7, 11) is -7.86. The number of aliphatic carboxylic acids is 1. The van der Waals surface area contributed by atoms with Crippen LogP contribution in [-0.4, -0.2) is 45.6 Å². The Morgan fingerprint density at radius 3 is 0.712 bits per heavy atom. The minimum absolute atomic E-state index is 0.212. The van der Waals surface area contributed by atoms with Crippen molar-refractivity contribution in [2.24, 2.45) is 0 Å². The minimum Gasteiger partial charge on any atom is -0.479 e. The molecule has 0 aliphatic rings. The highest BCUT2D eigenvalue weighted by molar-refractivity contribution is 7.90. The molecule has 0 saturated heterocycles. The molecule has 0 bridgehead atoms. The van der Waals surface area contributed by atoms with Crippen LogP contribution >= 0.6 is 0 Å². The first-order chi connectivity index (χ1) is 25.1. The zero-order valence-corrected chi connectivity index (χ0v) is 35.9. The van der Waals surface area contributed by atoms with Gasteiger partial charge in [0.05, 0.1) is 11.5 Å². The van der Waals surface area contributed by atoms with Crippen molar-refractivity contribution in [2.75, 3.05) is 11.5 Å². The molecule has 0 aromatic rings. The van der Waals surface area contributed by atoms with Crippen molar-refractivity contribution >= 4 is 26.0 Å². The number of rotatable bonds is 43. The van der Waals surface area contributed by atoms with Gasteiger partial charge in [0.2, 0.25) is 20.0 Å². The summed E-state index contributed by atoms with van der Waals surface area (Å²) < 4.78 is 54.2. The van der Waals surface area contributed by atoms with Gasteiger partial charge in [-0.3, -0.25) is 0 Å². The molecule has 0 unspecified atom stereocenters. The Morgan fingerprint density at radius 1 is 0.365 bits per heavy atom. The van der Waals surface area contributed by atoms with E-state index in [9.17, 15) is 26.7 Å². The highest BCUT2D eigenvalue weighted by Crippen LogP contribution is 2.16.